The first-order chi connectivity index (χ1) is 19.3. The molecule has 3 nitrogen and oxygen atoms in total. The van der Waals surface area contributed by atoms with Gasteiger partial charge in [0.05, 0.1) is 0 Å². The van der Waals surface area contributed by atoms with Gasteiger partial charge in [-0.25, -0.2) is 15.0 Å². The van der Waals surface area contributed by atoms with Crippen LogP contribution in [-0.2, 0) is 0 Å². The molecule has 0 bridgehead atoms. The van der Waals surface area contributed by atoms with E-state index in [1.54, 1.807) is 0 Å². The van der Waals surface area contributed by atoms with Gasteiger partial charge in [0.2, 0.25) is 0 Å². The molecular weight excluding hydrogens is 982 g/mol. The van der Waals surface area contributed by atoms with Crippen molar-refractivity contribution >= 4 is 37.5 Å². The van der Waals surface area contributed by atoms with Gasteiger partial charge in [-0.3, -0.25) is 0 Å². The molecule has 0 saturated carbocycles. The number of aromatic nitrogens is 3. The van der Waals surface area contributed by atoms with Crippen LogP contribution >= 0.6 is 15.9 Å². The molecule has 0 aliphatic heterocycles. The predicted octanol–water partition coefficient (Wildman–Crippen LogP) is 9.63. The summed E-state index contributed by atoms with van der Waals surface area (Å²) in [5.74, 6) is 0.664. The van der Waals surface area contributed by atoms with E-state index < -0.39 is 0 Å². The molecule has 0 amide bonds. The Bertz CT molecular complexity index is 1860. The van der Waals surface area contributed by atoms with Gasteiger partial charge in [-0.2, -0.15) is 0 Å². The van der Waals surface area contributed by atoms with Crippen LogP contribution in [0.4, 0.5) is 0 Å². The molecule has 0 aliphatic carbocycles. The van der Waals surface area contributed by atoms with Crippen LogP contribution in [0.5, 0.6) is 0 Å². The molecular formula is C35H24Ar11BrN3. The fourth-order valence-corrected chi connectivity index (χ4v) is 5.31. The third-order valence-corrected chi connectivity index (χ3v) is 7.07. The number of halogens is 1. The predicted molar refractivity (Wildman–Crippen MR) is 165 cm³/mol. The van der Waals surface area contributed by atoms with Crippen LogP contribution in [0.15, 0.2) is 151 Å². The van der Waals surface area contributed by atoms with Gasteiger partial charge in [-0.1, -0.05) is 125 Å². The zero-order valence-corrected chi connectivity index (χ0v) is 34.3. The smallest absolute Gasteiger partial charge is 0.162 e. The third kappa shape index (κ3) is 21.7. The molecule has 0 fully saturated rings. The monoisotopic (exact) mass is 1000 g/mol. The van der Waals surface area contributed by atoms with Crippen LogP contribution in [0.3, 0.4) is 0 Å². The van der Waals surface area contributed by atoms with Gasteiger partial charge < -0.3 is 0 Å². The van der Waals surface area contributed by atoms with Crippen LogP contribution in [0.1, 0.15) is 0 Å². The van der Waals surface area contributed by atoms with Crippen LogP contribution in [0.25, 0.3) is 55.2 Å². The first-order valence-electron chi connectivity index (χ1n) is 12.7. The summed E-state index contributed by atoms with van der Waals surface area (Å²) in [5, 5.41) is 4.99. The van der Waals surface area contributed by atoms with E-state index >= 15 is 0 Å². The quantitative estimate of drug-likeness (QED) is 0.166. The second kappa shape index (κ2) is 39.8. The molecule has 1 aromatic heterocycles. The zero-order valence-electron chi connectivity index (χ0n) is 25.0. The topological polar surface area (TPSA) is 38.7 Å². The summed E-state index contributed by atoms with van der Waals surface area (Å²) in [4.78, 5) is 12.5. The largest absolute Gasteiger partial charge is 0.225 e. The van der Waals surface area contributed by atoms with Crippen molar-refractivity contribution in [2.45, 2.75) is 0 Å². The Kier molecular flexibility index (Phi) is 56.3. The molecule has 0 atom stereocenters. The second-order valence-electron chi connectivity index (χ2n) is 9.11. The summed E-state index contributed by atoms with van der Waals surface area (Å²) in [6.45, 7) is 0. The maximum absolute atomic E-state index is 4.29. The van der Waals surface area contributed by atoms with E-state index in [9.17, 15) is 0 Å². The van der Waals surface area contributed by atoms with Crippen molar-refractivity contribution in [2.75, 3.05) is 0 Å². The summed E-state index contributed by atoms with van der Waals surface area (Å²) in [5.41, 5.74) is 5.83. The molecule has 0 aliphatic rings. The number of rotatable bonds is 3. The minimum absolute atomic E-state index is 0. The summed E-state index contributed by atoms with van der Waals surface area (Å²) < 4.78 is 0.993. The minimum atomic E-state index is 0. The fraction of sp³-hybridized carbons (Fsp3) is 0. The van der Waals surface area contributed by atoms with Crippen molar-refractivity contribution in [1.29, 1.82) is 0 Å². The van der Waals surface area contributed by atoms with Gasteiger partial charge in [0, 0.05) is 425 Å². The molecule has 1 heterocycles. The zero-order chi connectivity index (χ0) is 26.4. The van der Waals surface area contributed by atoms with Gasteiger partial charge >= 0.3 is 0 Å². The van der Waals surface area contributed by atoms with Crippen LogP contribution in [0.2, 0.25) is 0 Å². The Morgan fingerprint density at radius 2 is 0.780 bits per heavy atom. The third-order valence-electron chi connectivity index (χ3n) is 6.61. The molecule has 15 heteroatoms. The molecule has 0 N–H and O–H groups in total. The van der Waals surface area contributed by atoms with Gasteiger partial charge in [0.15, 0.2) is 5.82 Å². The van der Waals surface area contributed by atoms with Crippen molar-refractivity contribution in [3.8, 4) is 33.6 Å². The fourth-order valence-electron chi connectivity index (χ4n) is 4.82. The van der Waals surface area contributed by atoms with E-state index in [-0.39, 0.29) is 415 Å². The van der Waals surface area contributed by atoms with E-state index in [1.165, 1.54) is 50.9 Å². The molecule has 0 saturated heterocycles. The number of hydrogen-bond acceptors (Lipinski definition) is 3. The SMILES string of the molecule is Brc1cc(-c2ncncn2)cc(-c2cc3ccccc3c3ccccc23)c1.[Ar].[Ar].[Ar].[Ar].[Ar].[Ar].[Ar].[Ar].[Ar].[Ar].[Ar].c1ccc(-c2ccccc2)cc1. The van der Waals surface area contributed by atoms with E-state index in [4.69, 9.17) is 0 Å². The average molecular weight is 1010 g/mol. The first-order valence-corrected chi connectivity index (χ1v) is 13.5. The molecule has 0 spiro atoms. The number of hydrogen-bond donors (Lipinski definition) is 0. The number of benzene rings is 6. The second-order valence-corrected chi connectivity index (χ2v) is 10.0. The maximum atomic E-state index is 4.29. The Morgan fingerprint density at radius 1 is 0.360 bits per heavy atom. The summed E-state index contributed by atoms with van der Waals surface area (Å²) in [6, 6.07) is 46.4. The van der Waals surface area contributed by atoms with Gasteiger partial charge in [-0.15, -0.1) is 0 Å². The Morgan fingerprint density at radius 3 is 1.30 bits per heavy atom. The molecule has 7 aromatic rings. The van der Waals surface area contributed by atoms with E-state index in [0.717, 1.165) is 15.6 Å². The normalized spacial score (nSPS) is 8.34. The summed E-state index contributed by atoms with van der Waals surface area (Å²) >= 11 is 3.65. The summed E-state index contributed by atoms with van der Waals surface area (Å²) in [7, 11) is 0. The van der Waals surface area contributed by atoms with Crippen LogP contribution in [0, 0.1) is 415 Å². The van der Waals surface area contributed by atoms with E-state index in [1.807, 2.05) is 18.2 Å². The van der Waals surface area contributed by atoms with Crippen molar-refractivity contribution in [3.63, 3.8) is 0 Å². The van der Waals surface area contributed by atoms with Crippen molar-refractivity contribution in [3.05, 3.63) is 151 Å². The Balaban J connectivity index is -0.000000186. The maximum Gasteiger partial charge on any atom is 0.162 e. The Labute approximate surface area is 633 Å². The number of nitrogens with zero attached hydrogens (tertiary/aromatic N) is 3. The van der Waals surface area contributed by atoms with Crippen molar-refractivity contribution < 1.29 is 415 Å². The average Bonchev–Trinajstić information content (AvgIpc) is 3.02. The summed E-state index contributed by atoms with van der Waals surface area (Å²) in [6.07, 6.45) is 3.04. The minimum Gasteiger partial charge on any atom is -0.225 e. The molecule has 0 radical (unpaired) electrons. The van der Waals surface area contributed by atoms with E-state index in [2.05, 4.69) is 146 Å². The van der Waals surface area contributed by atoms with Gasteiger partial charge in [-0.05, 0) is 68.1 Å². The Hall–Kier alpha value is 9.19. The van der Waals surface area contributed by atoms with Crippen molar-refractivity contribution in [2.24, 2.45) is 0 Å². The molecule has 50 heavy (non-hydrogen) atoms. The van der Waals surface area contributed by atoms with Crippen molar-refractivity contribution in [1.82, 2.24) is 15.0 Å². The van der Waals surface area contributed by atoms with Crippen LogP contribution in [-0.4, -0.2) is 15.0 Å². The van der Waals surface area contributed by atoms with Crippen LogP contribution < -0.4 is 0 Å². The molecule has 7 rings (SSSR count). The van der Waals surface area contributed by atoms with Gasteiger partial charge in [0.25, 0.3) is 0 Å². The molecule has 6 aromatic carbocycles. The van der Waals surface area contributed by atoms with E-state index in [0.29, 0.717) is 5.82 Å². The molecule has 0 unspecified atom stereocenters. The number of fused-ring (bicyclic) bond motifs is 3. The first kappa shape index (κ1) is 70.8. The standard InChI is InChI=1S/C23H14BrN3.C12H10.11Ar/c24-18-10-16(9-17(11-18)23-26-13-25-14-27-23)22-12-15-5-1-2-6-19(15)20-7-3-4-8-21(20)22;1-3-7-11(8-4-1)12-9-5-2-6-10-12;;;;;;;;;;;/h1-14H;1-10H;;;;;;;;;;;. The van der Waals surface area contributed by atoms with Gasteiger partial charge in [0.1, 0.15) is 12.7 Å². The molecule has 274 valence electrons.